The van der Waals surface area contributed by atoms with E-state index in [1.807, 2.05) is 6.07 Å². The van der Waals surface area contributed by atoms with Crippen LogP contribution in [0.2, 0.25) is 0 Å². The number of anilines is 3. The van der Waals surface area contributed by atoms with Gasteiger partial charge in [0.05, 0.1) is 22.4 Å². The minimum Gasteiger partial charge on any atom is -0.453 e. The Hall–Kier alpha value is -7.62. The van der Waals surface area contributed by atoms with Gasteiger partial charge in [0.15, 0.2) is 11.5 Å². The summed E-state index contributed by atoms with van der Waals surface area (Å²) >= 11 is 0. The molecule has 3 nitrogen and oxygen atoms in total. The molecule has 2 heterocycles. The number of aromatic nitrogens is 1. The number of hydrogen-bond acceptors (Lipinski definition) is 2. The molecule has 11 aromatic rings. The van der Waals surface area contributed by atoms with Gasteiger partial charge in [0, 0.05) is 22.1 Å². The summed E-state index contributed by atoms with van der Waals surface area (Å²) in [6.07, 6.45) is 0. The SMILES string of the molecule is c1ccc(-c2ccc(N3c4ccccc4Oc4cc(-c5ccc6c(c5)c5ccccc5n6-c5ccc6c7ccccc7c7ccccc7c6c5)ccc43)cc2)cc1. The Bertz CT molecular complexity index is 3340. The highest BCUT2D eigenvalue weighted by molar-refractivity contribution is 6.25. The molecule has 0 unspecified atom stereocenters. The fourth-order valence-corrected chi connectivity index (χ4v) is 9.11. The Morgan fingerprint density at radius 1 is 0.281 bits per heavy atom. The fraction of sp³-hybridized carbons (Fsp3) is 0. The van der Waals surface area contributed by atoms with Crippen LogP contribution in [0.1, 0.15) is 0 Å². The molecule has 266 valence electrons. The number of ether oxygens (including phenoxy) is 1. The van der Waals surface area contributed by atoms with Crippen molar-refractivity contribution in [2.24, 2.45) is 0 Å². The monoisotopic (exact) mass is 726 g/mol. The van der Waals surface area contributed by atoms with Crippen molar-refractivity contribution in [3.05, 3.63) is 206 Å². The molecular formula is C54H34N2O. The van der Waals surface area contributed by atoms with E-state index in [1.54, 1.807) is 0 Å². The van der Waals surface area contributed by atoms with Gasteiger partial charge in [-0.25, -0.2) is 0 Å². The van der Waals surface area contributed by atoms with Gasteiger partial charge in [-0.15, -0.1) is 0 Å². The number of para-hydroxylation sites is 3. The van der Waals surface area contributed by atoms with Crippen LogP contribution < -0.4 is 9.64 Å². The van der Waals surface area contributed by atoms with Gasteiger partial charge in [-0.2, -0.15) is 0 Å². The highest BCUT2D eigenvalue weighted by Crippen LogP contribution is 2.51. The lowest BCUT2D eigenvalue weighted by atomic mass is 9.94. The highest BCUT2D eigenvalue weighted by atomic mass is 16.5. The van der Waals surface area contributed by atoms with E-state index in [2.05, 4.69) is 210 Å². The molecule has 1 aromatic heterocycles. The normalized spacial score (nSPS) is 12.3. The summed E-state index contributed by atoms with van der Waals surface area (Å²) < 4.78 is 9.07. The lowest BCUT2D eigenvalue weighted by Crippen LogP contribution is -2.15. The van der Waals surface area contributed by atoms with Crippen molar-refractivity contribution in [3.8, 4) is 39.4 Å². The van der Waals surface area contributed by atoms with Crippen molar-refractivity contribution in [1.29, 1.82) is 0 Å². The van der Waals surface area contributed by atoms with Crippen LogP contribution in [0.25, 0.3) is 82.1 Å². The van der Waals surface area contributed by atoms with Crippen molar-refractivity contribution in [3.63, 3.8) is 0 Å². The molecule has 0 fully saturated rings. The van der Waals surface area contributed by atoms with E-state index in [-0.39, 0.29) is 0 Å². The van der Waals surface area contributed by atoms with Crippen LogP contribution in [0.15, 0.2) is 206 Å². The maximum atomic E-state index is 6.65. The summed E-state index contributed by atoms with van der Waals surface area (Å²) in [5.41, 5.74) is 11.3. The molecule has 0 radical (unpaired) electrons. The minimum atomic E-state index is 0.830. The van der Waals surface area contributed by atoms with Crippen LogP contribution in [0, 0.1) is 0 Å². The average molecular weight is 727 g/mol. The van der Waals surface area contributed by atoms with Gasteiger partial charge in [-0.1, -0.05) is 140 Å². The summed E-state index contributed by atoms with van der Waals surface area (Å²) in [5, 5.41) is 10.1. The van der Waals surface area contributed by atoms with Gasteiger partial charge >= 0.3 is 0 Å². The third-order valence-corrected chi connectivity index (χ3v) is 11.8. The van der Waals surface area contributed by atoms with E-state index in [9.17, 15) is 0 Å². The first kappa shape index (κ1) is 31.7. The largest absolute Gasteiger partial charge is 0.453 e. The molecule has 0 aliphatic carbocycles. The Morgan fingerprint density at radius 3 is 1.58 bits per heavy atom. The highest BCUT2D eigenvalue weighted by Gasteiger charge is 2.26. The number of benzene rings is 10. The molecule has 57 heavy (non-hydrogen) atoms. The number of hydrogen-bond donors (Lipinski definition) is 0. The maximum Gasteiger partial charge on any atom is 0.152 e. The van der Waals surface area contributed by atoms with Gasteiger partial charge in [0.2, 0.25) is 0 Å². The molecule has 1 aliphatic rings. The zero-order valence-electron chi connectivity index (χ0n) is 30.9. The van der Waals surface area contributed by atoms with E-state index in [0.717, 1.165) is 45.4 Å². The van der Waals surface area contributed by atoms with Gasteiger partial charge in [-0.3, -0.25) is 0 Å². The van der Waals surface area contributed by atoms with Crippen molar-refractivity contribution < 1.29 is 4.74 Å². The molecule has 12 rings (SSSR count). The first-order valence-corrected chi connectivity index (χ1v) is 19.5. The molecule has 10 aromatic carbocycles. The van der Waals surface area contributed by atoms with E-state index in [0.29, 0.717) is 0 Å². The molecule has 0 amide bonds. The molecule has 0 saturated carbocycles. The molecule has 3 heteroatoms. The summed E-state index contributed by atoms with van der Waals surface area (Å²) in [6, 6.07) is 74.4. The molecule has 0 bridgehead atoms. The summed E-state index contributed by atoms with van der Waals surface area (Å²) in [4.78, 5) is 2.30. The topological polar surface area (TPSA) is 17.4 Å². The molecule has 1 aliphatic heterocycles. The number of rotatable bonds is 4. The third kappa shape index (κ3) is 4.92. The van der Waals surface area contributed by atoms with Gasteiger partial charge in [0.1, 0.15) is 0 Å². The van der Waals surface area contributed by atoms with E-state index < -0.39 is 0 Å². The summed E-state index contributed by atoms with van der Waals surface area (Å²) in [5.74, 6) is 1.67. The second kappa shape index (κ2) is 12.5. The van der Waals surface area contributed by atoms with Crippen LogP contribution in [-0.4, -0.2) is 4.57 Å². The van der Waals surface area contributed by atoms with Crippen LogP contribution in [0.4, 0.5) is 17.1 Å². The third-order valence-electron chi connectivity index (χ3n) is 11.8. The molecule has 0 N–H and O–H groups in total. The van der Waals surface area contributed by atoms with Crippen molar-refractivity contribution >= 4 is 71.2 Å². The zero-order valence-corrected chi connectivity index (χ0v) is 30.9. The average Bonchev–Trinajstić information content (AvgIpc) is 3.62. The van der Waals surface area contributed by atoms with Crippen molar-refractivity contribution in [1.82, 2.24) is 4.57 Å². The Labute approximate surface area is 329 Å². The first-order valence-electron chi connectivity index (χ1n) is 19.5. The van der Waals surface area contributed by atoms with Gasteiger partial charge in [0.25, 0.3) is 0 Å². The minimum absolute atomic E-state index is 0.830. The second-order valence-corrected chi connectivity index (χ2v) is 14.9. The first-order chi connectivity index (χ1) is 28.3. The lowest BCUT2D eigenvalue weighted by molar-refractivity contribution is 0.477. The lowest BCUT2D eigenvalue weighted by Gasteiger charge is -2.33. The molecule has 0 atom stereocenters. The van der Waals surface area contributed by atoms with Crippen molar-refractivity contribution in [2.45, 2.75) is 0 Å². The summed E-state index contributed by atoms with van der Waals surface area (Å²) in [6.45, 7) is 0. The van der Waals surface area contributed by atoms with E-state index in [4.69, 9.17) is 4.74 Å². The standard InChI is InChI=1S/C54H34N2O/c1-2-12-35(13-3-1)36-22-26-39(27-23-36)55-51-20-10-11-21-53(51)57-54-33-38(25-31-52(54)55)37-24-30-50-48(32-37)46-18-8-9-19-49(46)56(50)40-28-29-45-43-16-5-4-14-41(43)42-15-6-7-17-44(42)47(45)34-40/h1-34H. The number of nitrogens with zero attached hydrogens (tertiary/aromatic N) is 2. The number of fused-ring (bicyclic) bond motifs is 11. The van der Waals surface area contributed by atoms with Crippen LogP contribution in [-0.2, 0) is 0 Å². The van der Waals surface area contributed by atoms with Crippen LogP contribution in [0.3, 0.4) is 0 Å². The van der Waals surface area contributed by atoms with Gasteiger partial charge in [-0.05, 0) is 121 Å². The van der Waals surface area contributed by atoms with E-state index >= 15 is 0 Å². The predicted molar refractivity (Wildman–Crippen MR) is 239 cm³/mol. The molecule has 0 saturated heterocycles. The predicted octanol–water partition coefficient (Wildman–Crippen LogP) is 15.2. The Balaban J connectivity index is 0.978. The summed E-state index contributed by atoms with van der Waals surface area (Å²) in [7, 11) is 0. The van der Waals surface area contributed by atoms with Crippen LogP contribution in [0.5, 0.6) is 11.5 Å². The second-order valence-electron chi connectivity index (χ2n) is 14.9. The quantitative estimate of drug-likeness (QED) is 0.168. The Kier molecular flexibility index (Phi) is 6.93. The van der Waals surface area contributed by atoms with Gasteiger partial charge < -0.3 is 14.2 Å². The molecular weight excluding hydrogens is 693 g/mol. The zero-order chi connectivity index (χ0) is 37.5. The Morgan fingerprint density at radius 2 is 0.807 bits per heavy atom. The van der Waals surface area contributed by atoms with Crippen molar-refractivity contribution in [2.75, 3.05) is 4.90 Å². The fourth-order valence-electron chi connectivity index (χ4n) is 9.11. The van der Waals surface area contributed by atoms with Crippen LogP contribution >= 0.6 is 0 Å². The van der Waals surface area contributed by atoms with E-state index in [1.165, 1.54) is 65.3 Å². The smallest absolute Gasteiger partial charge is 0.152 e. The molecule has 0 spiro atoms. The maximum absolute atomic E-state index is 6.65.